The number of rotatable bonds is 4. The van der Waals surface area contributed by atoms with Crippen LogP contribution in [0.25, 0.3) is 0 Å². The highest BCUT2D eigenvalue weighted by Gasteiger charge is 2.36. The molecule has 15 heavy (non-hydrogen) atoms. The maximum absolute atomic E-state index is 11.5. The van der Waals surface area contributed by atoms with Gasteiger partial charge in [0.1, 0.15) is 0 Å². The first-order valence-electron chi connectivity index (χ1n) is 5.52. The summed E-state index contributed by atoms with van der Waals surface area (Å²) in [6, 6.07) is 0. The molecule has 0 bridgehead atoms. The van der Waals surface area contributed by atoms with Crippen LogP contribution in [0.4, 0.5) is 4.79 Å². The van der Waals surface area contributed by atoms with Crippen LogP contribution < -0.4 is 11.5 Å². The molecular weight excluding hydrogens is 194 g/mol. The third-order valence-corrected chi connectivity index (χ3v) is 2.77. The van der Waals surface area contributed by atoms with Gasteiger partial charge in [-0.3, -0.25) is 0 Å². The highest BCUT2D eigenvalue weighted by Crippen LogP contribution is 2.18. The number of amides is 1. The van der Waals surface area contributed by atoms with E-state index in [9.17, 15) is 4.79 Å². The third-order valence-electron chi connectivity index (χ3n) is 2.77. The van der Waals surface area contributed by atoms with Crippen LogP contribution in [0, 0.1) is 0 Å². The smallest absolute Gasteiger partial charge is 0.409 e. The summed E-state index contributed by atoms with van der Waals surface area (Å²) in [5.74, 6) is 0. The zero-order valence-corrected chi connectivity index (χ0v) is 9.37. The molecule has 0 aromatic rings. The van der Waals surface area contributed by atoms with Gasteiger partial charge in [-0.05, 0) is 12.8 Å². The van der Waals surface area contributed by atoms with Gasteiger partial charge in [-0.25, -0.2) is 4.79 Å². The summed E-state index contributed by atoms with van der Waals surface area (Å²) in [6.45, 7) is 4.12. The average molecular weight is 215 g/mol. The number of nitrogens with zero attached hydrogens (tertiary/aromatic N) is 1. The molecule has 5 nitrogen and oxygen atoms in total. The van der Waals surface area contributed by atoms with E-state index in [1.807, 2.05) is 0 Å². The maximum Gasteiger partial charge on any atom is 0.409 e. The van der Waals surface area contributed by atoms with Gasteiger partial charge in [0, 0.05) is 25.2 Å². The monoisotopic (exact) mass is 215 g/mol. The van der Waals surface area contributed by atoms with Gasteiger partial charge >= 0.3 is 6.09 Å². The fourth-order valence-electron chi connectivity index (χ4n) is 1.61. The van der Waals surface area contributed by atoms with E-state index >= 15 is 0 Å². The Morgan fingerprint density at radius 3 is 2.87 bits per heavy atom. The van der Waals surface area contributed by atoms with Crippen LogP contribution in [0.5, 0.6) is 0 Å². The number of likely N-dealkylation sites (tertiary alicyclic amines) is 1. The molecule has 1 saturated heterocycles. The third kappa shape index (κ3) is 3.35. The maximum atomic E-state index is 11.5. The number of carbonyl (C=O) groups excluding carboxylic acids is 1. The minimum atomic E-state index is -0.413. The van der Waals surface area contributed by atoms with Crippen molar-refractivity contribution in [2.75, 3.05) is 26.2 Å². The van der Waals surface area contributed by atoms with Crippen LogP contribution in [0.3, 0.4) is 0 Å². The van der Waals surface area contributed by atoms with Gasteiger partial charge < -0.3 is 21.1 Å². The number of hydrogen-bond donors (Lipinski definition) is 2. The van der Waals surface area contributed by atoms with Crippen molar-refractivity contribution in [2.45, 2.75) is 31.7 Å². The van der Waals surface area contributed by atoms with Crippen LogP contribution in [0.15, 0.2) is 0 Å². The summed E-state index contributed by atoms with van der Waals surface area (Å²) in [5.41, 5.74) is 11.1. The molecule has 1 aliphatic rings. The van der Waals surface area contributed by atoms with E-state index in [0.29, 0.717) is 26.2 Å². The Balaban J connectivity index is 2.30. The molecule has 1 unspecified atom stereocenters. The van der Waals surface area contributed by atoms with Crippen LogP contribution in [-0.2, 0) is 4.74 Å². The highest BCUT2D eigenvalue weighted by molar-refractivity contribution is 5.68. The quantitative estimate of drug-likeness (QED) is 0.660. The minimum Gasteiger partial charge on any atom is -0.449 e. The number of unbranched alkanes of at least 4 members (excludes halogenated alkanes) is 1. The summed E-state index contributed by atoms with van der Waals surface area (Å²) in [6.07, 6.45) is 2.43. The van der Waals surface area contributed by atoms with Crippen molar-refractivity contribution >= 4 is 6.09 Å². The second kappa shape index (κ2) is 5.32. The standard InChI is InChI=1S/C10H21N3O2/c1-2-3-6-15-9(14)13-5-4-10(12,7-11)8-13/h2-8,11-12H2,1H3. The molecule has 0 saturated carbocycles. The predicted molar refractivity (Wildman–Crippen MR) is 58.4 cm³/mol. The Morgan fingerprint density at radius 1 is 1.60 bits per heavy atom. The molecule has 1 amide bonds. The topological polar surface area (TPSA) is 81.6 Å². The van der Waals surface area contributed by atoms with Crippen molar-refractivity contribution in [1.82, 2.24) is 4.90 Å². The summed E-state index contributed by atoms with van der Waals surface area (Å²) in [7, 11) is 0. The van der Waals surface area contributed by atoms with Gasteiger partial charge in [0.15, 0.2) is 0 Å². The van der Waals surface area contributed by atoms with Gasteiger partial charge in [0.05, 0.1) is 6.61 Å². The molecule has 0 aromatic carbocycles. The Hall–Kier alpha value is -0.810. The number of ether oxygens (including phenoxy) is 1. The lowest BCUT2D eigenvalue weighted by Gasteiger charge is -2.22. The Bertz CT molecular complexity index is 223. The van der Waals surface area contributed by atoms with E-state index in [1.165, 1.54) is 0 Å². The largest absolute Gasteiger partial charge is 0.449 e. The fraction of sp³-hybridized carbons (Fsp3) is 0.900. The van der Waals surface area contributed by atoms with Gasteiger partial charge in [0.25, 0.3) is 0 Å². The van der Waals surface area contributed by atoms with E-state index in [2.05, 4.69) is 6.92 Å². The van der Waals surface area contributed by atoms with Gasteiger partial charge in [-0.1, -0.05) is 13.3 Å². The molecular formula is C10H21N3O2. The van der Waals surface area contributed by atoms with E-state index in [1.54, 1.807) is 4.90 Å². The summed E-state index contributed by atoms with van der Waals surface area (Å²) in [4.78, 5) is 13.2. The summed E-state index contributed by atoms with van der Waals surface area (Å²) in [5, 5.41) is 0. The van der Waals surface area contributed by atoms with Crippen LogP contribution in [-0.4, -0.2) is 42.8 Å². The van der Waals surface area contributed by atoms with E-state index in [0.717, 1.165) is 19.3 Å². The predicted octanol–water partition coefficient (Wildman–Crippen LogP) is 0.285. The zero-order chi connectivity index (χ0) is 11.3. The first-order chi connectivity index (χ1) is 7.11. The molecule has 0 spiro atoms. The molecule has 4 N–H and O–H groups in total. The number of nitrogens with two attached hydrogens (primary N) is 2. The molecule has 1 heterocycles. The second-order valence-electron chi connectivity index (χ2n) is 4.21. The Kier molecular flexibility index (Phi) is 4.35. The normalized spacial score (nSPS) is 25.7. The number of carbonyl (C=O) groups is 1. The Morgan fingerprint density at radius 2 is 2.33 bits per heavy atom. The van der Waals surface area contributed by atoms with Crippen LogP contribution in [0.2, 0.25) is 0 Å². The van der Waals surface area contributed by atoms with Crippen LogP contribution >= 0.6 is 0 Å². The van der Waals surface area contributed by atoms with E-state index in [-0.39, 0.29) is 6.09 Å². The SMILES string of the molecule is CCCCOC(=O)N1CCC(N)(CN)C1. The van der Waals surface area contributed by atoms with E-state index < -0.39 is 5.54 Å². The molecule has 1 rings (SSSR count). The highest BCUT2D eigenvalue weighted by atomic mass is 16.6. The lowest BCUT2D eigenvalue weighted by atomic mass is 10.0. The first-order valence-corrected chi connectivity index (χ1v) is 5.52. The van der Waals surface area contributed by atoms with E-state index in [4.69, 9.17) is 16.2 Å². The molecule has 1 atom stereocenters. The molecule has 5 heteroatoms. The molecule has 1 fully saturated rings. The molecule has 0 aliphatic carbocycles. The summed E-state index contributed by atoms with van der Waals surface area (Å²) < 4.78 is 5.09. The minimum absolute atomic E-state index is 0.260. The lowest BCUT2D eigenvalue weighted by Crippen LogP contribution is -2.49. The number of hydrogen-bond acceptors (Lipinski definition) is 4. The molecule has 88 valence electrons. The Labute approximate surface area is 90.7 Å². The van der Waals surface area contributed by atoms with Crippen molar-refractivity contribution in [1.29, 1.82) is 0 Å². The molecule has 0 radical (unpaired) electrons. The molecule has 1 aliphatic heterocycles. The zero-order valence-electron chi connectivity index (χ0n) is 9.37. The molecule has 0 aromatic heterocycles. The van der Waals surface area contributed by atoms with Crippen molar-refractivity contribution < 1.29 is 9.53 Å². The van der Waals surface area contributed by atoms with Gasteiger partial charge in [-0.15, -0.1) is 0 Å². The van der Waals surface area contributed by atoms with Crippen LogP contribution in [0.1, 0.15) is 26.2 Å². The van der Waals surface area contributed by atoms with Crippen molar-refractivity contribution in [3.05, 3.63) is 0 Å². The average Bonchev–Trinajstić information content (AvgIpc) is 2.62. The fourth-order valence-corrected chi connectivity index (χ4v) is 1.61. The van der Waals surface area contributed by atoms with Crippen molar-refractivity contribution in [3.8, 4) is 0 Å². The van der Waals surface area contributed by atoms with Gasteiger partial charge in [0.2, 0.25) is 0 Å². The van der Waals surface area contributed by atoms with Crippen molar-refractivity contribution in [2.24, 2.45) is 11.5 Å². The summed E-state index contributed by atoms with van der Waals surface area (Å²) >= 11 is 0. The van der Waals surface area contributed by atoms with Gasteiger partial charge in [-0.2, -0.15) is 0 Å². The lowest BCUT2D eigenvalue weighted by molar-refractivity contribution is 0.107. The second-order valence-corrected chi connectivity index (χ2v) is 4.21. The van der Waals surface area contributed by atoms with Crippen molar-refractivity contribution in [3.63, 3.8) is 0 Å². The first kappa shape index (κ1) is 12.3.